The third kappa shape index (κ3) is 3.42. The maximum absolute atomic E-state index is 11.9. The number of rotatable bonds is 4. The first-order valence-corrected chi connectivity index (χ1v) is 7.14. The average Bonchev–Trinajstić information content (AvgIpc) is 2.84. The molecule has 4 nitrogen and oxygen atoms in total. The zero-order valence-corrected chi connectivity index (χ0v) is 12.1. The number of carboxylic acid groups (broad SMARTS) is 1. The fourth-order valence-corrected chi connectivity index (χ4v) is 2.73. The van der Waals surface area contributed by atoms with Crippen LogP contribution >= 0.6 is 27.3 Å². The summed E-state index contributed by atoms with van der Waals surface area (Å²) in [5, 5.41) is 15.5. The van der Waals surface area contributed by atoms with Crippen molar-refractivity contribution < 1.29 is 14.7 Å². The minimum atomic E-state index is -1.08. The van der Waals surface area contributed by atoms with Gasteiger partial charge in [-0.15, -0.1) is 0 Å². The van der Waals surface area contributed by atoms with Crippen LogP contribution in [0.3, 0.4) is 0 Å². The van der Waals surface area contributed by atoms with Crippen LogP contribution in [0.1, 0.15) is 15.9 Å². The summed E-state index contributed by atoms with van der Waals surface area (Å²) >= 11 is 4.76. The van der Waals surface area contributed by atoms with Gasteiger partial charge in [-0.1, -0.05) is 6.07 Å². The normalized spacial score (nSPS) is 10.2. The highest BCUT2D eigenvalue weighted by molar-refractivity contribution is 9.10. The van der Waals surface area contributed by atoms with Gasteiger partial charge in [-0.25, -0.2) is 4.79 Å². The summed E-state index contributed by atoms with van der Waals surface area (Å²) in [4.78, 5) is 23.0. The zero-order chi connectivity index (χ0) is 13.8. The van der Waals surface area contributed by atoms with Crippen LogP contribution in [0.5, 0.6) is 0 Å². The van der Waals surface area contributed by atoms with Crippen molar-refractivity contribution >= 4 is 44.8 Å². The lowest BCUT2D eigenvalue weighted by molar-refractivity contribution is -0.115. The topological polar surface area (TPSA) is 66.4 Å². The van der Waals surface area contributed by atoms with E-state index in [9.17, 15) is 9.59 Å². The van der Waals surface area contributed by atoms with E-state index in [2.05, 4.69) is 21.2 Å². The Kier molecular flexibility index (Phi) is 4.34. The molecule has 2 aromatic rings. The maximum Gasteiger partial charge on any atom is 0.337 e. The molecule has 2 rings (SSSR count). The van der Waals surface area contributed by atoms with Crippen LogP contribution in [0.25, 0.3) is 0 Å². The van der Waals surface area contributed by atoms with Gasteiger partial charge in [0.2, 0.25) is 5.91 Å². The van der Waals surface area contributed by atoms with Gasteiger partial charge in [-0.2, -0.15) is 11.3 Å². The Morgan fingerprint density at radius 2 is 2.11 bits per heavy atom. The lowest BCUT2D eigenvalue weighted by Gasteiger charge is -2.10. The van der Waals surface area contributed by atoms with Crippen molar-refractivity contribution in [3.8, 4) is 0 Å². The minimum absolute atomic E-state index is 0.0630. The summed E-state index contributed by atoms with van der Waals surface area (Å²) < 4.78 is 0.547. The fraction of sp³-hybridized carbons (Fsp3) is 0.0769. The summed E-state index contributed by atoms with van der Waals surface area (Å²) in [7, 11) is 0. The Bertz CT molecular complexity index is 610. The lowest BCUT2D eigenvalue weighted by Crippen LogP contribution is -2.17. The molecule has 0 aliphatic carbocycles. The third-order valence-electron chi connectivity index (χ3n) is 2.45. The fourth-order valence-electron chi connectivity index (χ4n) is 1.59. The Labute approximate surface area is 122 Å². The number of thiophene rings is 1. The van der Waals surface area contributed by atoms with Crippen molar-refractivity contribution in [3.63, 3.8) is 0 Å². The predicted molar refractivity (Wildman–Crippen MR) is 77.8 cm³/mol. The van der Waals surface area contributed by atoms with Gasteiger partial charge in [-0.05, 0) is 50.5 Å². The average molecular weight is 340 g/mol. The number of carboxylic acids is 1. The summed E-state index contributed by atoms with van der Waals surface area (Å²) in [6.45, 7) is 0. The van der Waals surface area contributed by atoms with E-state index in [1.165, 1.54) is 17.4 Å². The molecular formula is C13H10BrNO3S. The van der Waals surface area contributed by atoms with E-state index in [0.29, 0.717) is 4.47 Å². The van der Waals surface area contributed by atoms with E-state index in [-0.39, 0.29) is 23.6 Å². The first-order chi connectivity index (χ1) is 9.08. The number of benzene rings is 1. The summed E-state index contributed by atoms with van der Waals surface area (Å²) in [6, 6.07) is 6.62. The van der Waals surface area contributed by atoms with Gasteiger partial charge < -0.3 is 10.4 Å². The monoisotopic (exact) mass is 339 g/mol. The second-order valence-electron chi connectivity index (χ2n) is 3.82. The highest BCUT2D eigenvalue weighted by atomic mass is 79.9. The minimum Gasteiger partial charge on any atom is -0.478 e. The highest BCUT2D eigenvalue weighted by Crippen LogP contribution is 2.26. The molecule has 1 heterocycles. The molecule has 1 aromatic heterocycles. The number of hydrogen-bond donors (Lipinski definition) is 2. The molecule has 2 N–H and O–H groups in total. The molecule has 6 heteroatoms. The first-order valence-electron chi connectivity index (χ1n) is 5.40. The van der Waals surface area contributed by atoms with Gasteiger partial charge in [0.25, 0.3) is 0 Å². The number of hydrogen-bond acceptors (Lipinski definition) is 3. The quantitative estimate of drug-likeness (QED) is 0.897. The lowest BCUT2D eigenvalue weighted by atomic mass is 10.1. The smallest absolute Gasteiger partial charge is 0.337 e. The number of anilines is 1. The van der Waals surface area contributed by atoms with Crippen molar-refractivity contribution in [1.29, 1.82) is 0 Å². The first kappa shape index (κ1) is 13.8. The van der Waals surface area contributed by atoms with Crippen molar-refractivity contribution in [2.45, 2.75) is 6.42 Å². The van der Waals surface area contributed by atoms with Gasteiger partial charge in [0.1, 0.15) is 0 Å². The zero-order valence-electron chi connectivity index (χ0n) is 9.72. The molecule has 19 heavy (non-hydrogen) atoms. The molecule has 0 fully saturated rings. The molecular weight excluding hydrogens is 330 g/mol. The van der Waals surface area contributed by atoms with Gasteiger partial charge in [-0.3, -0.25) is 4.79 Å². The van der Waals surface area contributed by atoms with Crippen LogP contribution in [0.4, 0.5) is 5.69 Å². The molecule has 0 aliphatic rings. The van der Waals surface area contributed by atoms with Gasteiger partial charge in [0.05, 0.1) is 17.7 Å². The largest absolute Gasteiger partial charge is 0.478 e. The van der Waals surface area contributed by atoms with Crippen LogP contribution in [0.2, 0.25) is 0 Å². The molecule has 0 aliphatic heterocycles. The van der Waals surface area contributed by atoms with Crippen LogP contribution in [0, 0.1) is 0 Å². The Balaban J connectivity index is 2.19. The van der Waals surface area contributed by atoms with Gasteiger partial charge in [0, 0.05) is 4.47 Å². The number of para-hydroxylation sites is 1. The molecule has 0 bridgehead atoms. The second-order valence-corrected chi connectivity index (χ2v) is 5.46. The Hall–Kier alpha value is -1.66. The van der Waals surface area contributed by atoms with E-state index in [0.717, 1.165) is 5.56 Å². The Morgan fingerprint density at radius 1 is 1.32 bits per heavy atom. The number of nitrogens with one attached hydrogen (secondary N) is 1. The molecule has 1 amide bonds. The van der Waals surface area contributed by atoms with Crippen LogP contribution in [-0.2, 0) is 11.2 Å². The molecule has 0 spiro atoms. The number of aromatic carboxylic acids is 1. The molecule has 0 unspecified atom stereocenters. The van der Waals surface area contributed by atoms with E-state index >= 15 is 0 Å². The second kappa shape index (κ2) is 5.99. The molecule has 0 atom stereocenters. The highest BCUT2D eigenvalue weighted by Gasteiger charge is 2.15. The molecule has 1 aromatic carbocycles. The molecule has 0 radical (unpaired) electrons. The summed E-state index contributed by atoms with van der Waals surface area (Å²) in [5.74, 6) is -1.32. The van der Waals surface area contributed by atoms with Crippen molar-refractivity contribution in [3.05, 3.63) is 50.6 Å². The van der Waals surface area contributed by atoms with E-state index in [4.69, 9.17) is 5.11 Å². The van der Waals surface area contributed by atoms with Crippen molar-refractivity contribution in [1.82, 2.24) is 0 Å². The summed E-state index contributed by atoms with van der Waals surface area (Å²) in [6.07, 6.45) is 0.226. The maximum atomic E-state index is 11.9. The molecule has 0 saturated carbocycles. The third-order valence-corrected chi connectivity index (χ3v) is 3.85. The van der Waals surface area contributed by atoms with Crippen molar-refractivity contribution in [2.75, 3.05) is 5.32 Å². The van der Waals surface area contributed by atoms with Crippen molar-refractivity contribution in [2.24, 2.45) is 0 Å². The van der Waals surface area contributed by atoms with Crippen LogP contribution in [-0.4, -0.2) is 17.0 Å². The van der Waals surface area contributed by atoms with E-state index < -0.39 is 5.97 Å². The summed E-state index contributed by atoms with van der Waals surface area (Å²) in [5.41, 5.74) is 1.26. The number of carbonyl (C=O) groups is 2. The van der Waals surface area contributed by atoms with Crippen LogP contribution < -0.4 is 5.32 Å². The Morgan fingerprint density at radius 3 is 2.74 bits per heavy atom. The number of carbonyl (C=O) groups excluding carboxylic acids is 1. The number of halogens is 1. The van der Waals surface area contributed by atoms with Gasteiger partial charge in [0.15, 0.2) is 0 Å². The van der Waals surface area contributed by atoms with E-state index in [1.807, 2.05) is 16.8 Å². The predicted octanol–water partition coefficient (Wildman–Crippen LogP) is 3.39. The molecule has 98 valence electrons. The van der Waals surface area contributed by atoms with Gasteiger partial charge >= 0.3 is 5.97 Å². The molecule has 0 saturated heterocycles. The number of amides is 1. The van der Waals surface area contributed by atoms with E-state index in [1.54, 1.807) is 12.1 Å². The standard InChI is InChI=1S/C13H10BrNO3S/c14-10-3-1-2-9(13(17)18)12(10)15-11(16)6-8-4-5-19-7-8/h1-5,7H,6H2,(H,15,16)(H,17,18). The van der Waals surface area contributed by atoms with Crippen LogP contribution in [0.15, 0.2) is 39.5 Å². The SMILES string of the molecule is O=C(Cc1ccsc1)Nc1c(Br)cccc1C(=O)O.